The van der Waals surface area contributed by atoms with Crippen LogP contribution in [0.25, 0.3) is 11.5 Å². The molecule has 1 aliphatic heterocycles. The Morgan fingerprint density at radius 1 is 1.19 bits per heavy atom. The first kappa shape index (κ1) is 16.8. The molecule has 0 radical (unpaired) electrons. The fraction of sp³-hybridized carbons (Fsp3) is 0.150. The minimum Gasteiger partial charge on any atom is -0.482 e. The second-order valence-electron chi connectivity index (χ2n) is 6.24. The number of rotatable bonds is 3. The van der Waals surface area contributed by atoms with Crippen molar-refractivity contribution < 1.29 is 18.7 Å². The van der Waals surface area contributed by atoms with Gasteiger partial charge in [0.15, 0.2) is 6.61 Å². The summed E-state index contributed by atoms with van der Waals surface area (Å²) in [5.41, 5.74) is 3.11. The molecular formula is C20H17N3O4. The highest BCUT2D eigenvalue weighted by atomic mass is 16.5. The van der Waals surface area contributed by atoms with Crippen LogP contribution in [0.3, 0.4) is 0 Å². The second kappa shape index (κ2) is 6.60. The van der Waals surface area contributed by atoms with Gasteiger partial charge in [0.2, 0.25) is 5.89 Å². The van der Waals surface area contributed by atoms with E-state index < -0.39 is 0 Å². The number of amides is 2. The Morgan fingerprint density at radius 3 is 2.81 bits per heavy atom. The first-order valence-corrected chi connectivity index (χ1v) is 8.42. The van der Waals surface area contributed by atoms with Crippen LogP contribution in [0.15, 0.2) is 46.9 Å². The lowest BCUT2D eigenvalue weighted by Crippen LogP contribution is -2.25. The maximum atomic E-state index is 12.6. The molecule has 1 aromatic heterocycles. The summed E-state index contributed by atoms with van der Waals surface area (Å²) in [6, 6.07) is 12.2. The normalized spacial score (nSPS) is 12.7. The van der Waals surface area contributed by atoms with Gasteiger partial charge in [-0.25, -0.2) is 4.98 Å². The van der Waals surface area contributed by atoms with E-state index in [0.29, 0.717) is 28.6 Å². The molecule has 2 aromatic carbocycles. The summed E-state index contributed by atoms with van der Waals surface area (Å²) in [5.74, 6) is 1.27. The first-order valence-electron chi connectivity index (χ1n) is 8.42. The molecule has 2 amide bonds. The first-order chi connectivity index (χ1) is 13.0. The molecular weight excluding hydrogens is 346 g/mol. The smallest absolute Gasteiger partial charge is 0.262 e. The quantitative estimate of drug-likeness (QED) is 0.742. The molecule has 2 heterocycles. The van der Waals surface area contributed by atoms with E-state index in [1.54, 1.807) is 30.3 Å². The third kappa shape index (κ3) is 3.39. The van der Waals surface area contributed by atoms with Crippen LogP contribution in [0.4, 0.5) is 11.4 Å². The Labute approximate surface area is 155 Å². The van der Waals surface area contributed by atoms with Crippen molar-refractivity contribution in [2.75, 3.05) is 17.2 Å². The molecule has 0 saturated heterocycles. The van der Waals surface area contributed by atoms with E-state index in [9.17, 15) is 9.59 Å². The number of nitrogens with zero attached hydrogens (tertiary/aromatic N) is 1. The SMILES string of the molecule is Cc1nc(-c2cccc(NC(=O)c3ccc4c(c3)NC(=O)CO4)c2)oc1C. The van der Waals surface area contributed by atoms with Gasteiger partial charge in [0.05, 0.1) is 11.4 Å². The molecule has 0 spiro atoms. The number of hydrogen-bond acceptors (Lipinski definition) is 5. The van der Waals surface area contributed by atoms with E-state index in [0.717, 1.165) is 17.0 Å². The van der Waals surface area contributed by atoms with Gasteiger partial charge in [0, 0.05) is 16.8 Å². The number of fused-ring (bicyclic) bond motifs is 1. The highest BCUT2D eigenvalue weighted by molar-refractivity contribution is 6.06. The summed E-state index contributed by atoms with van der Waals surface area (Å²) >= 11 is 0. The number of benzene rings is 2. The number of nitrogens with one attached hydrogen (secondary N) is 2. The van der Waals surface area contributed by atoms with Crippen LogP contribution in [0.1, 0.15) is 21.8 Å². The number of oxazole rings is 1. The molecule has 0 bridgehead atoms. The standard InChI is InChI=1S/C20H17N3O4/c1-11-12(2)27-20(21-11)14-4-3-5-15(8-14)22-19(25)13-6-7-17-16(9-13)23-18(24)10-26-17/h3-9H,10H2,1-2H3,(H,22,25)(H,23,24). The number of carbonyl (C=O) groups is 2. The van der Waals surface area contributed by atoms with Crippen molar-refractivity contribution in [1.82, 2.24) is 4.98 Å². The predicted molar refractivity (Wildman–Crippen MR) is 99.9 cm³/mol. The Balaban J connectivity index is 1.56. The van der Waals surface area contributed by atoms with Gasteiger partial charge in [-0.15, -0.1) is 0 Å². The molecule has 7 heteroatoms. The topological polar surface area (TPSA) is 93.5 Å². The average Bonchev–Trinajstić information content (AvgIpc) is 3.00. The molecule has 0 fully saturated rings. The number of hydrogen-bond donors (Lipinski definition) is 2. The Bertz CT molecular complexity index is 1040. The lowest BCUT2D eigenvalue weighted by Gasteiger charge is -2.18. The van der Waals surface area contributed by atoms with E-state index in [1.807, 2.05) is 26.0 Å². The summed E-state index contributed by atoms with van der Waals surface area (Å²) in [6.45, 7) is 3.72. The third-order valence-electron chi connectivity index (χ3n) is 4.27. The largest absolute Gasteiger partial charge is 0.482 e. The number of aryl methyl sites for hydroxylation is 2. The Hall–Kier alpha value is -3.61. The second-order valence-corrected chi connectivity index (χ2v) is 6.24. The van der Waals surface area contributed by atoms with Crippen LogP contribution < -0.4 is 15.4 Å². The highest BCUT2D eigenvalue weighted by Crippen LogP contribution is 2.29. The lowest BCUT2D eigenvalue weighted by atomic mass is 10.1. The van der Waals surface area contributed by atoms with Crippen molar-refractivity contribution in [2.24, 2.45) is 0 Å². The van der Waals surface area contributed by atoms with E-state index >= 15 is 0 Å². The fourth-order valence-corrected chi connectivity index (χ4v) is 2.75. The van der Waals surface area contributed by atoms with Crippen molar-refractivity contribution in [3.05, 3.63) is 59.5 Å². The summed E-state index contributed by atoms with van der Waals surface area (Å²) in [4.78, 5) is 28.4. The van der Waals surface area contributed by atoms with Gasteiger partial charge in [-0.1, -0.05) is 6.07 Å². The van der Waals surface area contributed by atoms with Gasteiger partial charge in [0.25, 0.3) is 11.8 Å². The lowest BCUT2D eigenvalue weighted by molar-refractivity contribution is -0.118. The number of aromatic nitrogens is 1. The van der Waals surface area contributed by atoms with E-state index in [2.05, 4.69) is 15.6 Å². The number of ether oxygens (including phenoxy) is 1. The maximum absolute atomic E-state index is 12.6. The molecule has 0 atom stereocenters. The number of carbonyl (C=O) groups excluding carboxylic acids is 2. The molecule has 0 aliphatic carbocycles. The molecule has 1 aliphatic rings. The van der Waals surface area contributed by atoms with Crippen LogP contribution in [0, 0.1) is 13.8 Å². The third-order valence-corrected chi connectivity index (χ3v) is 4.27. The van der Waals surface area contributed by atoms with Crippen LogP contribution >= 0.6 is 0 Å². The van der Waals surface area contributed by atoms with Crippen LogP contribution in [-0.4, -0.2) is 23.4 Å². The van der Waals surface area contributed by atoms with Crippen molar-refractivity contribution in [3.8, 4) is 17.2 Å². The van der Waals surface area contributed by atoms with Gasteiger partial charge in [-0.05, 0) is 50.2 Å². The van der Waals surface area contributed by atoms with Crippen molar-refractivity contribution >= 4 is 23.2 Å². The summed E-state index contributed by atoms with van der Waals surface area (Å²) < 4.78 is 10.9. The van der Waals surface area contributed by atoms with E-state index in [-0.39, 0.29) is 18.4 Å². The summed E-state index contributed by atoms with van der Waals surface area (Å²) in [5, 5.41) is 5.54. The minimum absolute atomic E-state index is 0.0227. The molecule has 4 rings (SSSR count). The molecule has 136 valence electrons. The van der Waals surface area contributed by atoms with Crippen LogP contribution in [0.5, 0.6) is 5.75 Å². The summed E-state index contributed by atoms with van der Waals surface area (Å²) in [6.07, 6.45) is 0. The van der Waals surface area contributed by atoms with Gasteiger partial charge in [-0.2, -0.15) is 0 Å². The van der Waals surface area contributed by atoms with Gasteiger partial charge in [0.1, 0.15) is 11.5 Å². The van der Waals surface area contributed by atoms with Gasteiger partial charge in [-0.3, -0.25) is 9.59 Å². The Kier molecular flexibility index (Phi) is 4.12. The molecule has 0 unspecified atom stereocenters. The van der Waals surface area contributed by atoms with E-state index in [4.69, 9.17) is 9.15 Å². The maximum Gasteiger partial charge on any atom is 0.262 e. The van der Waals surface area contributed by atoms with Crippen molar-refractivity contribution in [2.45, 2.75) is 13.8 Å². The molecule has 2 N–H and O–H groups in total. The molecule has 27 heavy (non-hydrogen) atoms. The van der Waals surface area contributed by atoms with Crippen molar-refractivity contribution in [3.63, 3.8) is 0 Å². The van der Waals surface area contributed by atoms with E-state index in [1.165, 1.54) is 0 Å². The molecule has 3 aromatic rings. The van der Waals surface area contributed by atoms with Gasteiger partial charge < -0.3 is 19.8 Å². The average molecular weight is 363 g/mol. The molecule has 0 saturated carbocycles. The highest BCUT2D eigenvalue weighted by Gasteiger charge is 2.18. The zero-order valence-corrected chi connectivity index (χ0v) is 14.8. The Morgan fingerprint density at radius 2 is 2.04 bits per heavy atom. The zero-order valence-electron chi connectivity index (χ0n) is 14.8. The fourth-order valence-electron chi connectivity index (χ4n) is 2.75. The van der Waals surface area contributed by atoms with Crippen LogP contribution in [-0.2, 0) is 4.79 Å². The molecule has 7 nitrogen and oxygen atoms in total. The van der Waals surface area contributed by atoms with Crippen molar-refractivity contribution in [1.29, 1.82) is 0 Å². The zero-order chi connectivity index (χ0) is 19.0. The monoisotopic (exact) mass is 363 g/mol. The summed E-state index contributed by atoms with van der Waals surface area (Å²) in [7, 11) is 0. The predicted octanol–water partition coefficient (Wildman–Crippen LogP) is 3.54. The minimum atomic E-state index is -0.297. The van der Waals surface area contributed by atoms with Crippen LogP contribution in [0.2, 0.25) is 0 Å². The number of anilines is 2. The van der Waals surface area contributed by atoms with Gasteiger partial charge >= 0.3 is 0 Å².